The van der Waals surface area contributed by atoms with Crippen molar-refractivity contribution < 1.29 is 4.74 Å². The van der Waals surface area contributed by atoms with E-state index >= 15 is 0 Å². The van der Waals surface area contributed by atoms with Crippen molar-refractivity contribution in [3.8, 4) is 5.75 Å². The van der Waals surface area contributed by atoms with Gasteiger partial charge in [0.05, 0.1) is 18.5 Å². The summed E-state index contributed by atoms with van der Waals surface area (Å²) in [6.45, 7) is 8.01. The number of amidine groups is 1. The predicted molar refractivity (Wildman–Crippen MR) is 112 cm³/mol. The maximum absolute atomic E-state index is 6.04. The molecule has 0 unspecified atom stereocenters. The maximum Gasteiger partial charge on any atom is 0.119 e. The standard InChI is InChI=1S/C21H24ClN3O/c1-14(2)25(15(3)23-4)20-12-11-18(26-6)13-19(20)21(24-5)16-7-9-17(22)10-8-16/h7-13H,1H2,2-6H3. The van der Waals surface area contributed by atoms with Crippen LogP contribution >= 0.6 is 11.6 Å². The number of aliphatic imine (C=N–C) groups is 2. The Morgan fingerprint density at radius 1 is 1.04 bits per heavy atom. The summed E-state index contributed by atoms with van der Waals surface area (Å²) in [6.07, 6.45) is 0. The lowest BCUT2D eigenvalue weighted by molar-refractivity contribution is 0.415. The van der Waals surface area contributed by atoms with Crippen molar-refractivity contribution in [2.75, 3.05) is 26.1 Å². The topological polar surface area (TPSA) is 37.2 Å². The van der Waals surface area contributed by atoms with E-state index in [4.69, 9.17) is 16.3 Å². The smallest absolute Gasteiger partial charge is 0.119 e. The molecular weight excluding hydrogens is 346 g/mol. The molecule has 0 aliphatic rings. The van der Waals surface area contributed by atoms with Gasteiger partial charge in [0.15, 0.2) is 0 Å². The molecule has 26 heavy (non-hydrogen) atoms. The molecule has 0 saturated heterocycles. The lowest BCUT2D eigenvalue weighted by Crippen LogP contribution is -2.28. The Kier molecular flexibility index (Phi) is 6.58. The zero-order chi connectivity index (χ0) is 19.3. The third kappa shape index (κ3) is 4.14. The third-order valence-corrected chi connectivity index (χ3v) is 4.32. The molecule has 2 aromatic carbocycles. The molecule has 2 aromatic rings. The third-order valence-electron chi connectivity index (χ3n) is 4.07. The minimum atomic E-state index is 0.688. The van der Waals surface area contributed by atoms with E-state index in [1.54, 1.807) is 21.2 Å². The molecule has 0 aliphatic heterocycles. The van der Waals surface area contributed by atoms with E-state index in [2.05, 4.69) is 16.6 Å². The molecule has 0 aliphatic carbocycles. The maximum atomic E-state index is 6.04. The summed E-state index contributed by atoms with van der Waals surface area (Å²) in [7, 11) is 5.20. The van der Waals surface area contributed by atoms with Crippen molar-refractivity contribution in [1.29, 1.82) is 0 Å². The number of ether oxygens (including phenoxy) is 1. The van der Waals surface area contributed by atoms with Crippen molar-refractivity contribution in [1.82, 2.24) is 0 Å². The summed E-state index contributed by atoms with van der Waals surface area (Å²) < 4.78 is 5.44. The Hall–Kier alpha value is -2.59. The number of anilines is 1. The van der Waals surface area contributed by atoms with Gasteiger partial charge < -0.3 is 9.64 Å². The minimum absolute atomic E-state index is 0.688. The second-order valence-electron chi connectivity index (χ2n) is 5.80. The predicted octanol–water partition coefficient (Wildman–Crippen LogP) is 5.20. The Labute approximate surface area is 160 Å². The van der Waals surface area contributed by atoms with Gasteiger partial charge in [0, 0.05) is 35.9 Å². The summed E-state index contributed by atoms with van der Waals surface area (Å²) in [6, 6.07) is 13.5. The quantitative estimate of drug-likeness (QED) is 0.536. The van der Waals surface area contributed by atoms with Crippen molar-refractivity contribution in [3.05, 3.63) is 70.9 Å². The molecule has 0 atom stereocenters. The average Bonchev–Trinajstić information content (AvgIpc) is 2.64. The Morgan fingerprint density at radius 2 is 1.69 bits per heavy atom. The molecule has 5 heteroatoms. The van der Waals surface area contributed by atoms with Crippen LogP contribution in [0.5, 0.6) is 5.75 Å². The van der Waals surface area contributed by atoms with E-state index in [1.165, 1.54) is 0 Å². The Balaban J connectivity index is 2.72. The number of allylic oxidation sites excluding steroid dienone is 1. The van der Waals surface area contributed by atoms with Gasteiger partial charge in [0.2, 0.25) is 0 Å². The minimum Gasteiger partial charge on any atom is -0.497 e. The number of rotatable bonds is 5. The van der Waals surface area contributed by atoms with Crippen molar-refractivity contribution >= 4 is 28.8 Å². The number of benzene rings is 2. The summed E-state index contributed by atoms with van der Waals surface area (Å²) >= 11 is 6.04. The lowest BCUT2D eigenvalue weighted by atomic mass is 9.99. The van der Waals surface area contributed by atoms with Crippen LogP contribution in [-0.2, 0) is 0 Å². The highest BCUT2D eigenvalue weighted by molar-refractivity contribution is 6.30. The zero-order valence-electron chi connectivity index (χ0n) is 15.9. The van der Waals surface area contributed by atoms with Crippen molar-refractivity contribution in [2.45, 2.75) is 13.8 Å². The first kappa shape index (κ1) is 19.7. The van der Waals surface area contributed by atoms with Gasteiger partial charge in [-0.05, 0) is 44.2 Å². The highest BCUT2D eigenvalue weighted by atomic mass is 35.5. The second kappa shape index (κ2) is 8.68. The van der Waals surface area contributed by atoms with Gasteiger partial charge in [-0.2, -0.15) is 0 Å². The number of nitrogens with zero attached hydrogens (tertiary/aromatic N) is 3. The first-order valence-electron chi connectivity index (χ1n) is 8.23. The van der Waals surface area contributed by atoms with E-state index in [0.29, 0.717) is 5.02 Å². The molecule has 0 heterocycles. The molecule has 0 bridgehead atoms. The summed E-state index contributed by atoms with van der Waals surface area (Å²) in [5.74, 6) is 1.60. The van der Waals surface area contributed by atoms with Gasteiger partial charge in [-0.1, -0.05) is 30.3 Å². The first-order chi connectivity index (χ1) is 12.4. The van der Waals surface area contributed by atoms with Crippen LogP contribution in [0.15, 0.2) is 64.7 Å². The molecule has 0 fully saturated rings. The van der Waals surface area contributed by atoms with Crippen LogP contribution in [0.2, 0.25) is 5.02 Å². The summed E-state index contributed by atoms with van der Waals surface area (Å²) in [4.78, 5) is 10.9. The van der Waals surface area contributed by atoms with E-state index in [0.717, 1.165) is 39.8 Å². The fraction of sp³-hybridized carbons (Fsp3) is 0.238. The Bertz CT molecular complexity index is 854. The summed E-state index contributed by atoms with van der Waals surface area (Å²) in [5.41, 5.74) is 4.55. The highest BCUT2D eigenvalue weighted by Crippen LogP contribution is 2.31. The van der Waals surface area contributed by atoms with Crippen molar-refractivity contribution in [3.63, 3.8) is 0 Å². The molecule has 0 radical (unpaired) electrons. The van der Waals surface area contributed by atoms with Gasteiger partial charge >= 0.3 is 0 Å². The van der Waals surface area contributed by atoms with Crippen LogP contribution < -0.4 is 9.64 Å². The molecule has 0 spiro atoms. The van der Waals surface area contributed by atoms with Crippen LogP contribution in [0.4, 0.5) is 5.69 Å². The van der Waals surface area contributed by atoms with Crippen molar-refractivity contribution in [2.24, 2.45) is 9.98 Å². The normalized spacial score (nSPS) is 12.1. The van der Waals surface area contributed by atoms with E-state index in [1.807, 2.05) is 61.2 Å². The highest BCUT2D eigenvalue weighted by Gasteiger charge is 2.19. The fourth-order valence-electron chi connectivity index (χ4n) is 2.80. The van der Waals surface area contributed by atoms with Crippen LogP contribution in [0.3, 0.4) is 0 Å². The molecule has 0 aromatic heterocycles. The SMILES string of the molecule is C=C(C)N(C(C)=NC)c1ccc(OC)cc1C(=NC)c1ccc(Cl)cc1. The largest absolute Gasteiger partial charge is 0.497 e. The first-order valence-corrected chi connectivity index (χ1v) is 8.60. The van der Waals surface area contributed by atoms with E-state index < -0.39 is 0 Å². The second-order valence-corrected chi connectivity index (χ2v) is 6.24. The average molecular weight is 370 g/mol. The van der Waals surface area contributed by atoms with Gasteiger partial charge in [-0.25, -0.2) is 0 Å². The number of methoxy groups -OCH3 is 1. The zero-order valence-corrected chi connectivity index (χ0v) is 16.6. The molecule has 0 saturated carbocycles. The van der Waals surface area contributed by atoms with Crippen LogP contribution in [0.25, 0.3) is 0 Å². The number of hydrogen-bond donors (Lipinski definition) is 0. The van der Waals surface area contributed by atoms with Gasteiger partial charge in [0.1, 0.15) is 11.6 Å². The van der Waals surface area contributed by atoms with E-state index in [-0.39, 0.29) is 0 Å². The molecular formula is C21H24ClN3O. The molecule has 2 rings (SSSR count). The molecule has 0 N–H and O–H groups in total. The number of hydrogen-bond acceptors (Lipinski definition) is 3. The van der Waals surface area contributed by atoms with Gasteiger partial charge in [-0.15, -0.1) is 0 Å². The van der Waals surface area contributed by atoms with Crippen LogP contribution in [0, 0.1) is 0 Å². The van der Waals surface area contributed by atoms with Gasteiger partial charge in [-0.3, -0.25) is 9.98 Å². The molecule has 0 amide bonds. The monoisotopic (exact) mass is 369 g/mol. The van der Waals surface area contributed by atoms with Crippen LogP contribution in [-0.4, -0.2) is 32.8 Å². The van der Waals surface area contributed by atoms with Crippen LogP contribution in [0.1, 0.15) is 25.0 Å². The summed E-state index contributed by atoms with van der Waals surface area (Å²) in [5, 5.41) is 0.688. The Morgan fingerprint density at radius 3 is 2.19 bits per heavy atom. The van der Waals surface area contributed by atoms with Gasteiger partial charge in [0.25, 0.3) is 0 Å². The fourth-order valence-corrected chi connectivity index (χ4v) is 2.92. The number of halogens is 1. The van der Waals surface area contributed by atoms with E-state index in [9.17, 15) is 0 Å². The molecule has 4 nitrogen and oxygen atoms in total. The lowest BCUT2D eigenvalue weighted by Gasteiger charge is -2.27. The molecule has 136 valence electrons.